The van der Waals surface area contributed by atoms with Crippen LogP contribution in [-0.2, 0) is 4.74 Å². The van der Waals surface area contributed by atoms with E-state index in [-0.39, 0.29) is 0 Å². The molecule has 0 unspecified atom stereocenters. The molecule has 0 fully saturated rings. The summed E-state index contributed by atoms with van der Waals surface area (Å²) < 4.78 is 10.6. The highest BCUT2D eigenvalue weighted by Crippen LogP contribution is 2.20. The number of ether oxygens (including phenoxy) is 2. The van der Waals surface area contributed by atoms with Crippen molar-refractivity contribution in [1.82, 2.24) is 4.98 Å². The van der Waals surface area contributed by atoms with Gasteiger partial charge in [0.05, 0.1) is 6.61 Å². The number of anilines is 1. The average molecular weight is 238 g/mol. The van der Waals surface area contributed by atoms with Crippen LogP contribution in [0.15, 0.2) is 18.3 Å². The number of nitrogens with one attached hydrogen (secondary N) is 1. The van der Waals surface area contributed by atoms with Gasteiger partial charge >= 0.3 is 0 Å². The first-order chi connectivity index (χ1) is 8.38. The van der Waals surface area contributed by atoms with Crippen LogP contribution in [-0.4, -0.2) is 31.9 Å². The molecule has 1 aromatic heterocycles. The van der Waals surface area contributed by atoms with Gasteiger partial charge in [-0.3, -0.25) is 0 Å². The fourth-order valence-electron chi connectivity index (χ4n) is 1.43. The highest BCUT2D eigenvalue weighted by Gasteiger charge is 2.02. The Bertz CT molecular complexity index is 305. The predicted molar refractivity (Wildman–Crippen MR) is 69.6 cm³/mol. The van der Waals surface area contributed by atoms with Crippen molar-refractivity contribution in [3.8, 4) is 5.75 Å². The lowest BCUT2D eigenvalue weighted by molar-refractivity contribution is 0.193. The molecule has 0 spiro atoms. The average Bonchev–Trinajstić information content (AvgIpc) is 2.37. The number of pyridine rings is 1. The van der Waals surface area contributed by atoms with Gasteiger partial charge in [-0.2, -0.15) is 0 Å². The van der Waals surface area contributed by atoms with Crippen LogP contribution >= 0.6 is 0 Å². The second-order valence-electron chi connectivity index (χ2n) is 3.83. The molecule has 0 aromatic carbocycles. The summed E-state index contributed by atoms with van der Waals surface area (Å²) in [4.78, 5) is 4.28. The Morgan fingerprint density at radius 3 is 2.94 bits per heavy atom. The molecule has 1 heterocycles. The van der Waals surface area contributed by atoms with E-state index in [1.165, 1.54) is 0 Å². The van der Waals surface area contributed by atoms with Gasteiger partial charge in [-0.15, -0.1) is 0 Å². The van der Waals surface area contributed by atoms with E-state index in [0.717, 1.165) is 50.6 Å². The third kappa shape index (κ3) is 5.54. The molecular formula is C13H22N2O2. The number of nitrogens with zero attached hydrogens (tertiary/aromatic N) is 1. The minimum atomic E-state index is 0.726. The Labute approximate surface area is 103 Å². The Morgan fingerprint density at radius 1 is 1.29 bits per heavy atom. The van der Waals surface area contributed by atoms with E-state index in [1.807, 2.05) is 12.1 Å². The molecule has 0 amide bonds. The Balaban J connectivity index is 2.35. The van der Waals surface area contributed by atoms with Crippen LogP contribution in [0.1, 0.15) is 26.2 Å². The second-order valence-corrected chi connectivity index (χ2v) is 3.83. The van der Waals surface area contributed by atoms with Crippen LogP contribution in [0.4, 0.5) is 5.82 Å². The van der Waals surface area contributed by atoms with Gasteiger partial charge in [0.15, 0.2) is 11.6 Å². The highest BCUT2D eigenvalue weighted by atomic mass is 16.5. The Kier molecular flexibility index (Phi) is 7.14. The minimum absolute atomic E-state index is 0.726. The molecule has 17 heavy (non-hydrogen) atoms. The summed E-state index contributed by atoms with van der Waals surface area (Å²) in [6.45, 7) is 4.52. The summed E-state index contributed by atoms with van der Waals surface area (Å²) in [7, 11) is 1.73. The van der Waals surface area contributed by atoms with Gasteiger partial charge in [0.1, 0.15) is 0 Å². The van der Waals surface area contributed by atoms with Crippen molar-refractivity contribution < 1.29 is 9.47 Å². The van der Waals surface area contributed by atoms with Gasteiger partial charge in [-0.05, 0) is 31.4 Å². The van der Waals surface area contributed by atoms with Crippen molar-refractivity contribution in [1.29, 1.82) is 0 Å². The standard InChI is InChI=1S/C13H22N2O2/c1-3-10-17-12-7-6-9-15-13(12)14-8-4-5-11-16-2/h6-7,9H,3-5,8,10-11H2,1-2H3,(H,14,15). The van der Waals surface area contributed by atoms with Gasteiger partial charge in [0.2, 0.25) is 0 Å². The number of unbranched alkanes of at least 4 members (excludes halogenated alkanes) is 1. The Morgan fingerprint density at radius 2 is 2.18 bits per heavy atom. The molecule has 0 radical (unpaired) electrons. The minimum Gasteiger partial charge on any atom is -0.490 e. The molecular weight excluding hydrogens is 216 g/mol. The molecule has 4 nitrogen and oxygen atoms in total. The smallest absolute Gasteiger partial charge is 0.168 e. The molecule has 1 N–H and O–H groups in total. The quantitative estimate of drug-likeness (QED) is 0.672. The van der Waals surface area contributed by atoms with Crippen molar-refractivity contribution in [3.05, 3.63) is 18.3 Å². The molecule has 0 aliphatic rings. The monoisotopic (exact) mass is 238 g/mol. The maximum absolute atomic E-state index is 5.61. The lowest BCUT2D eigenvalue weighted by Gasteiger charge is -2.11. The van der Waals surface area contributed by atoms with Crippen LogP contribution in [0, 0.1) is 0 Å². The van der Waals surface area contributed by atoms with E-state index in [0.29, 0.717) is 0 Å². The Hall–Kier alpha value is -1.29. The number of methoxy groups -OCH3 is 1. The number of rotatable bonds is 9. The van der Waals surface area contributed by atoms with Crippen LogP contribution in [0.5, 0.6) is 5.75 Å². The fourth-order valence-corrected chi connectivity index (χ4v) is 1.43. The molecule has 0 aliphatic carbocycles. The number of hydrogen-bond acceptors (Lipinski definition) is 4. The van der Waals surface area contributed by atoms with Crippen LogP contribution < -0.4 is 10.1 Å². The molecule has 96 valence electrons. The van der Waals surface area contributed by atoms with Crippen molar-refractivity contribution >= 4 is 5.82 Å². The van der Waals surface area contributed by atoms with Crippen LogP contribution in [0.25, 0.3) is 0 Å². The van der Waals surface area contributed by atoms with E-state index >= 15 is 0 Å². The normalized spacial score (nSPS) is 10.2. The first kappa shape index (κ1) is 13.8. The maximum atomic E-state index is 5.61. The molecule has 0 bridgehead atoms. The fraction of sp³-hybridized carbons (Fsp3) is 0.615. The molecule has 1 rings (SSSR count). The van der Waals surface area contributed by atoms with Gasteiger partial charge in [0, 0.05) is 26.5 Å². The lowest BCUT2D eigenvalue weighted by atomic mass is 10.3. The van der Waals surface area contributed by atoms with Crippen molar-refractivity contribution in [2.45, 2.75) is 26.2 Å². The summed E-state index contributed by atoms with van der Waals surface area (Å²) in [6.07, 6.45) is 4.90. The summed E-state index contributed by atoms with van der Waals surface area (Å²) in [5, 5.41) is 3.29. The molecule has 0 saturated heterocycles. The SMILES string of the molecule is CCCOc1cccnc1NCCCCOC. The van der Waals surface area contributed by atoms with Crippen molar-refractivity contribution in [2.24, 2.45) is 0 Å². The maximum Gasteiger partial charge on any atom is 0.168 e. The molecule has 0 atom stereocenters. The zero-order valence-electron chi connectivity index (χ0n) is 10.7. The molecule has 4 heteroatoms. The first-order valence-electron chi connectivity index (χ1n) is 6.19. The zero-order chi connectivity index (χ0) is 12.3. The molecule has 0 saturated carbocycles. The van der Waals surface area contributed by atoms with Gasteiger partial charge in [-0.1, -0.05) is 6.92 Å². The van der Waals surface area contributed by atoms with E-state index in [9.17, 15) is 0 Å². The second kappa shape index (κ2) is 8.82. The van der Waals surface area contributed by atoms with E-state index in [1.54, 1.807) is 13.3 Å². The third-order valence-corrected chi connectivity index (χ3v) is 2.30. The van der Waals surface area contributed by atoms with E-state index < -0.39 is 0 Å². The van der Waals surface area contributed by atoms with E-state index in [4.69, 9.17) is 9.47 Å². The summed E-state index contributed by atoms with van der Waals surface area (Å²) in [5.74, 6) is 1.67. The van der Waals surface area contributed by atoms with E-state index in [2.05, 4.69) is 17.2 Å². The largest absolute Gasteiger partial charge is 0.490 e. The highest BCUT2D eigenvalue weighted by molar-refractivity contribution is 5.49. The van der Waals surface area contributed by atoms with Gasteiger partial charge in [-0.25, -0.2) is 4.98 Å². The topological polar surface area (TPSA) is 43.4 Å². The lowest BCUT2D eigenvalue weighted by Crippen LogP contribution is -2.07. The summed E-state index contributed by atoms with van der Waals surface area (Å²) in [5.41, 5.74) is 0. The zero-order valence-corrected chi connectivity index (χ0v) is 10.7. The molecule has 1 aromatic rings. The first-order valence-corrected chi connectivity index (χ1v) is 6.19. The third-order valence-electron chi connectivity index (χ3n) is 2.30. The van der Waals surface area contributed by atoms with Gasteiger partial charge < -0.3 is 14.8 Å². The van der Waals surface area contributed by atoms with Crippen molar-refractivity contribution in [3.63, 3.8) is 0 Å². The number of hydrogen-bond donors (Lipinski definition) is 1. The van der Waals surface area contributed by atoms with Crippen molar-refractivity contribution in [2.75, 3.05) is 32.2 Å². The predicted octanol–water partition coefficient (Wildman–Crippen LogP) is 2.71. The van der Waals surface area contributed by atoms with Gasteiger partial charge in [0.25, 0.3) is 0 Å². The molecule has 0 aliphatic heterocycles. The van der Waals surface area contributed by atoms with Crippen LogP contribution in [0.3, 0.4) is 0 Å². The summed E-state index contributed by atoms with van der Waals surface area (Å²) >= 11 is 0. The summed E-state index contributed by atoms with van der Waals surface area (Å²) in [6, 6.07) is 3.83. The van der Waals surface area contributed by atoms with Crippen LogP contribution in [0.2, 0.25) is 0 Å². The number of aromatic nitrogens is 1.